The SMILES string of the molecule is Cc1ncsc1CCOCc1csc(CN)n1. The van der Waals surface area contributed by atoms with Gasteiger partial charge in [0.15, 0.2) is 0 Å². The van der Waals surface area contributed by atoms with Gasteiger partial charge in [0.2, 0.25) is 0 Å². The van der Waals surface area contributed by atoms with Crippen molar-refractivity contribution in [1.82, 2.24) is 9.97 Å². The first-order valence-corrected chi connectivity index (χ1v) is 7.15. The Morgan fingerprint density at radius 2 is 2.29 bits per heavy atom. The van der Waals surface area contributed by atoms with Crippen LogP contribution in [0.1, 0.15) is 21.3 Å². The fraction of sp³-hybridized carbons (Fsp3) is 0.455. The van der Waals surface area contributed by atoms with Crippen LogP contribution in [0.15, 0.2) is 10.9 Å². The summed E-state index contributed by atoms with van der Waals surface area (Å²) in [5, 5.41) is 2.96. The Balaban J connectivity index is 1.71. The van der Waals surface area contributed by atoms with Gasteiger partial charge in [-0.05, 0) is 6.92 Å². The van der Waals surface area contributed by atoms with Gasteiger partial charge in [0.25, 0.3) is 0 Å². The second-order valence-electron chi connectivity index (χ2n) is 3.60. The highest BCUT2D eigenvalue weighted by atomic mass is 32.1. The van der Waals surface area contributed by atoms with Crippen LogP contribution in [0.4, 0.5) is 0 Å². The summed E-state index contributed by atoms with van der Waals surface area (Å²) in [4.78, 5) is 9.84. The molecule has 0 aliphatic rings. The predicted molar refractivity (Wildman–Crippen MR) is 70.2 cm³/mol. The number of aromatic nitrogens is 2. The van der Waals surface area contributed by atoms with E-state index in [9.17, 15) is 0 Å². The molecule has 0 unspecified atom stereocenters. The average molecular weight is 269 g/mol. The van der Waals surface area contributed by atoms with Crippen LogP contribution in [0, 0.1) is 6.92 Å². The van der Waals surface area contributed by atoms with Gasteiger partial charge < -0.3 is 10.5 Å². The molecule has 17 heavy (non-hydrogen) atoms. The smallest absolute Gasteiger partial charge is 0.107 e. The van der Waals surface area contributed by atoms with Gasteiger partial charge in [-0.3, -0.25) is 0 Å². The van der Waals surface area contributed by atoms with Crippen molar-refractivity contribution in [3.63, 3.8) is 0 Å². The molecule has 0 amide bonds. The zero-order valence-electron chi connectivity index (χ0n) is 9.68. The maximum atomic E-state index is 5.59. The second kappa shape index (κ2) is 6.20. The number of nitrogens with two attached hydrogens (primary N) is 1. The van der Waals surface area contributed by atoms with Crippen molar-refractivity contribution in [3.8, 4) is 0 Å². The standard InChI is InChI=1S/C11H15N3OS2/c1-8-10(17-7-13-8)2-3-15-5-9-6-16-11(4-12)14-9/h6-7H,2-5,12H2,1H3. The van der Waals surface area contributed by atoms with Gasteiger partial charge in [0.05, 0.1) is 30.1 Å². The van der Waals surface area contributed by atoms with Gasteiger partial charge in [0, 0.05) is 23.2 Å². The van der Waals surface area contributed by atoms with Crippen LogP contribution in [0.25, 0.3) is 0 Å². The predicted octanol–water partition coefficient (Wildman–Crippen LogP) is 2.13. The molecule has 92 valence electrons. The first kappa shape index (κ1) is 12.6. The van der Waals surface area contributed by atoms with Gasteiger partial charge in [-0.1, -0.05) is 0 Å². The summed E-state index contributed by atoms with van der Waals surface area (Å²) < 4.78 is 5.59. The number of hydrogen-bond donors (Lipinski definition) is 1. The molecule has 0 radical (unpaired) electrons. The summed E-state index contributed by atoms with van der Waals surface area (Å²) in [6.45, 7) is 3.80. The highest BCUT2D eigenvalue weighted by Crippen LogP contribution is 2.13. The van der Waals surface area contributed by atoms with Crippen LogP contribution in [-0.2, 0) is 24.3 Å². The van der Waals surface area contributed by atoms with Crippen molar-refractivity contribution in [1.29, 1.82) is 0 Å². The van der Waals surface area contributed by atoms with Gasteiger partial charge in [-0.25, -0.2) is 9.97 Å². The van der Waals surface area contributed by atoms with Crippen molar-refractivity contribution in [2.75, 3.05) is 6.61 Å². The van der Waals surface area contributed by atoms with Crippen molar-refractivity contribution >= 4 is 22.7 Å². The zero-order chi connectivity index (χ0) is 12.1. The molecule has 6 heteroatoms. The first-order chi connectivity index (χ1) is 8.29. The molecule has 2 N–H and O–H groups in total. The van der Waals surface area contributed by atoms with Crippen LogP contribution >= 0.6 is 22.7 Å². The minimum atomic E-state index is 0.505. The minimum Gasteiger partial charge on any atom is -0.375 e. The molecule has 0 atom stereocenters. The fourth-order valence-corrected chi connectivity index (χ4v) is 2.84. The summed E-state index contributed by atoms with van der Waals surface area (Å²) >= 11 is 3.27. The van der Waals surface area contributed by atoms with Crippen LogP contribution in [0.2, 0.25) is 0 Å². The monoisotopic (exact) mass is 269 g/mol. The molecule has 2 heterocycles. The molecular weight excluding hydrogens is 254 g/mol. The Morgan fingerprint density at radius 3 is 2.94 bits per heavy atom. The molecule has 2 aromatic rings. The Kier molecular flexibility index (Phi) is 4.61. The molecule has 0 bridgehead atoms. The molecular formula is C11H15N3OS2. The lowest BCUT2D eigenvalue weighted by Crippen LogP contribution is -2.00. The highest BCUT2D eigenvalue weighted by molar-refractivity contribution is 7.09. The molecule has 2 rings (SSSR count). The van der Waals surface area contributed by atoms with Crippen molar-refractivity contribution < 1.29 is 4.74 Å². The number of aryl methyl sites for hydroxylation is 1. The van der Waals surface area contributed by atoms with Crippen LogP contribution in [0.3, 0.4) is 0 Å². The molecule has 4 nitrogen and oxygen atoms in total. The van der Waals surface area contributed by atoms with Crippen LogP contribution < -0.4 is 5.73 Å². The molecule has 0 aliphatic carbocycles. The van der Waals surface area contributed by atoms with E-state index in [0.717, 1.165) is 22.8 Å². The van der Waals surface area contributed by atoms with Gasteiger partial charge in [-0.15, -0.1) is 22.7 Å². The van der Waals surface area contributed by atoms with E-state index in [1.54, 1.807) is 22.7 Å². The van der Waals surface area contributed by atoms with Gasteiger partial charge >= 0.3 is 0 Å². The lowest BCUT2D eigenvalue weighted by molar-refractivity contribution is 0.122. The Morgan fingerprint density at radius 1 is 1.41 bits per heavy atom. The second-order valence-corrected chi connectivity index (χ2v) is 5.48. The van der Waals surface area contributed by atoms with E-state index in [-0.39, 0.29) is 0 Å². The largest absolute Gasteiger partial charge is 0.375 e. The highest BCUT2D eigenvalue weighted by Gasteiger charge is 2.03. The van der Waals surface area contributed by atoms with E-state index < -0.39 is 0 Å². The molecule has 0 aliphatic heterocycles. The summed E-state index contributed by atoms with van der Waals surface area (Å²) in [7, 11) is 0. The van der Waals surface area contributed by atoms with Crippen molar-refractivity contribution in [3.05, 3.63) is 32.2 Å². The molecule has 0 saturated heterocycles. The molecule has 0 fully saturated rings. The third kappa shape index (κ3) is 3.57. The number of thiazole rings is 2. The zero-order valence-corrected chi connectivity index (χ0v) is 11.3. The van der Waals surface area contributed by atoms with E-state index in [1.807, 2.05) is 17.8 Å². The maximum absolute atomic E-state index is 5.59. The number of hydrogen-bond acceptors (Lipinski definition) is 6. The van der Waals surface area contributed by atoms with E-state index in [1.165, 1.54) is 4.88 Å². The summed E-state index contributed by atoms with van der Waals surface area (Å²) in [6.07, 6.45) is 0.921. The first-order valence-electron chi connectivity index (χ1n) is 5.39. The summed E-state index contributed by atoms with van der Waals surface area (Å²) in [5.41, 5.74) is 9.45. The molecule has 0 aromatic carbocycles. The number of nitrogens with zero attached hydrogens (tertiary/aromatic N) is 2. The lowest BCUT2D eigenvalue weighted by atomic mass is 10.3. The van der Waals surface area contributed by atoms with Crippen LogP contribution in [-0.4, -0.2) is 16.6 Å². The lowest BCUT2D eigenvalue weighted by Gasteiger charge is -2.01. The number of rotatable bonds is 6. The third-order valence-corrected chi connectivity index (χ3v) is 4.26. The molecule has 2 aromatic heterocycles. The topological polar surface area (TPSA) is 61.0 Å². The maximum Gasteiger partial charge on any atom is 0.107 e. The summed E-state index contributed by atoms with van der Waals surface area (Å²) in [6, 6.07) is 0. The van der Waals surface area contributed by atoms with Crippen molar-refractivity contribution in [2.45, 2.75) is 26.5 Å². The Labute approximate surface area is 108 Å². The van der Waals surface area contributed by atoms with Crippen molar-refractivity contribution in [2.24, 2.45) is 5.73 Å². The summed E-state index contributed by atoms with van der Waals surface area (Å²) in [5.74, 6) is 0. The van der Waals surface area contributed by atoms with E-state index in [2.05, 4.69) is 9.97 Å². The quantitative estimate of drug-likeness (QED) is 0.816. The van der Waals surface area contributed by atoms with Gasteiger partial charge in [0.1, 0.15) is 5.01 Å². The Hall–Kier alpha value is -0.820. The molecule has 0 saturated carbocycles. The molecule has 0 spiro atoms. The average Bonchev–Trinajstić information content (AvgIpc) is 2.94. The third-order valence-electron chi connectivity index (χ3n) is 2.34. The van der Waals surface area contributed by atoms with E-state index in [0.29, 0.717) is 19.8 Å². The van der Waals surface area contributed by atoms with E-state index >= 15 is 0 Å². The normalized spacial score (nSPS) is 10.9. The van der Waals surface area contributed by atoms with Crippen LogP contribution in [0.5, 0.6) is 0 Å². The minimum absolute atomic E-state index is 0.505. The van der Waals surface area contributed by atoms with E-state index in [4.69, 9.17) is 10.5 Å². The van der Waals surface area contributed by atoms with Gasteiger partial charge in [-0.2, -0.15) is 0 Å². The Bertz CT molecular complexity index is 467. The fourth-order valence-electron chi connectivity index (χ4n) is 1.42. The number of ether oxygens (including phenoxy) is 1.